The molecule has 32 heavy (non-hydrogen) atoms. The standard InChI is InChI=1S/C24H31N5O2S/c1-5-20(28(3)4)23-26-27-24(29(23)16-18-12-8-7-9-13-18)32-17-22(30)25-19-14-10-11-15-21(19)31-6-2/h7-15,20H,5-6,16-17H2,1-4H3,(H,25,30)/t20-/m1/s1. The molecule has 0 saturated heterocycles. The van der Waals surface area contributed by atoms with Crippen molar-refractivity contribution >= 4 is 23.4 Å². The topological polar surface area (TPSA) is 72.3 Å². The Bertz CT molecular complexity index is 1010. The van der Waals surface area contributed by atoms with Gasteiger partial charge in [0.25, 0.3) is 0 Å². The molecule has 1 N–H and O–H groups in total. The number of para-hydroxylation sites is 2. The molecule has 0 unspecified atom stereocenters. The van der Waals surface area contributed by atoms with Crippen LogP contribution < -0.4 is 10.1 Å². The van der Waals surface area contributed by atoms with Crippen molar-refractivity contribution in [3.05, 3.63) is 66.0 Å². The lowest BCUT2D eigenvalue weighted by Gasteiger charge is -2.23. The van der Waals surface area contributed by atoms with Gasteiger partial charge in [0.05, 0.1) is 30.6 Å². The van der Waals surface area contributed by atoms with Gasteiger partial charge in [0.2, 0.25) is 5.91 Å². The molecule has 0 aliphatic heterocycles. The van der Waals surface area contributed by atoms with Crippen LogP contribution in [-0.4, -0.2) is 52.0 Å². The SMILES string of the molecule is CCOc1ccccc1NC(=O)CSc1nnc([C@@H](CC)N(C)C)n1Cc1ccccc1. The molecule has 0 aliphatic carbocycles. The maximum atomic E-state index is 12.7. The number of hydrogen-bond acceptors (Lipinski definition) is 6. The van der Waals surface area contributed by atoms with Gasteiger partial charge < -0.3 is 14.6 Å². The summed E-state index contributed by atoms with van der Waals surface area (Å²) < 4.78 is 7.72. The molecule has 0 radical (unpaired) electrons. The first kappa shape index (κ1) is 23.8. The maximum Gasteiger partial charge on any atom is 0.234 e. The Kier molecular flexibility index (Phi) is 8.70. The molecule has 3 rings (SSSR count). The molecule has 0 spiro atoms. The van der Waals surface area contributed by atoms with Crippen LogP contribution in [0, 0.1) is 0 Å². The van der Waals surface area contributed by atoms with Crippen LogP contribution in [0.4, 0.5) is 5.69 Å². The number of anilines is 1. The van der Waals surface area contributed by atoms with E-state index in [0.717, 1.165) is 17.4 Å². The van der Waals surface area contributed by atoms with E-state index in [9.17, 15) is 4.79 Å². The lowest BCUT2D eigenvalue weighted by atomic mass is 10.2. The summed E-state index contributed by atoms with van der Waals surface area (Å²) in [5.74, 6) is 1.69. The zero-order chi connectivity index (χ0) is 22.9. The van der Waals surface area contributed by atoms with Crippen LogP contribution in [0.5, 0.6) is 5.75 Å². The summed E-state index contributed by atoms with van der Waals surface area (Å²) in [6.45, 7) is 5.26. The second-order valence-electron chi connectivity index (χ2n) is 7.57. The summed E-state index contributed by atoms with van der Waals surface area (Å²) in [7, 11) is 4.09. The van der Waals surface area contributed by atoms with Crippen molar-refractivity contribution in [1.29, 1.82) is 0 Å². The second-order valence-corrected chi connectivity index (χ2v) is 8.51. The van der Waals surface area contributed by atoms with Crippen LogP contribution in [0.3, 0.4) is 0 Å². The van der Waals surface area contributed by atoms with Gasteiger partial charge in [-0.3, -0.25) is 9.69 Å². The molecule has 170 valence electrons. The van der Waals surface area contributed by atoms with Crippen LogP contribution in [0.2, 0.25) is 0 Å². The van der Waals surface area contributed by atoms with Crippen molar-refractivity contribution in [3.63, 3.8) is 0 Å². The Labute approximate surface area is 194 Å². The van der Waals surface area contributed by atoms with Crippen molar-refractivity contribution in [1.82, 2.24) is 19.7 Å². The van der Waals surface area contributed by atoms with E-state index in [2.05, 4.69) is 44.0 Å². The first-order valence-electron chi connectivity index (χ1n) is 10.8. The van der Waals surface area contributed by atoms with Crippen molar-refractivity contribution in [2.45, 2.75) is 38.0 Å². The molecule has 1 atom stereocenters. The van der Waals surface area contributed by atoms with Crippen LogP contribution in [0.1, 0.15) is 37.7 Å². The lowest BCUT2D eigenvalue weighted by Crippen LogP contribution is -2.23. The molecule has 3 aromatic rings. The maximum absolute atomic E-state index is 12.7. The van der Waals surface area contributed by atoms with Gasteiger partial charge in [-0.05, 0) is 45.1 Å². The minimum Gasteiger partial charge on any atom is -0.492 e. The van der Waals surface area contributed by atoms with Crippen molar-refractivity contribution in [3.8, 4) is 5.75 Å². The molecular formula is C24H31N5O2S. The number of hydrogen-bond donors (Lipinski definition) is 1. The first-order valence-corrected chi connectivity index (χ1v) is 11.8. The molecular weight excluding hydrogens is 422 g/mol. The van der Waals surface area contributed by atoms with Gasteiger partial charge in [0.15, 0.2) is 11.0 Å². The Morgan fingerprint density at radius 1 is 1.09 bits per heavy atom. The van der Waals surface area contributed by atoms with Gasteiger partial charge in [0, 0.05) is 0 Å². The van der Waals surface area contributed by atoms with Gasteiger partial charge in [-0.25, -0.2) is 0 Å². The molecule has 8 heteroatoms. The molecule has 0 fully saturated rings. The normalized spacial score (nSPS) is 12.0. The first-order chi connectivity index (χ1) is 15.5. The third-order valence-corrected chi connectivity index (χ3v) is 6.00. The van der Waals surface area contributed by atoms with E-state index in [-0.39, 0.29) is 17.7 Å². The fourth-order valence-corrected chi connectivity index (χ4v) is 4.26. The predicted molar refractivity (Wildman–Crippen MR) is 129 cm³/mol. The average molecular weight is 454 g/mol. The van der Waals surface area contributed by atoms with Gasteiger partial charge in [0.1, 0.15) is 5.75 Å². The number of nitrogens with zero attached hydrogens (tertiary/aromatic N) is 4. The molecule has 1 heterocycles. The van der Waals surface area contributed by atoms with Crippen LogP contribution in [0.15, 0.2) is 59.8 Å². The Hall–Kier alpha value is -2.84. The highest BCUT2D eigenvalue weighted by Gasteiger charge is 2.22. The Morgan fingerprint density at radius 3 is 2.50 bits per heavy atom. The number of thioether (sulfide) groups is 1. The van der Waals surface area contributed by atoms with Gasteiger partial charge >= 0.3 is 0 Å². The molecule has 2 aromatic carbocycles. The number of benzene rings is 2. The predicted octanol–water partition coefficient (Wildman–Crippen LogP) is 4.47. The third-order valence-electron chi connectivity index (χ3n) is 5.03. The highest BCUT2D eigenvalue weighted by atomic mass is 32.2. The number of carbonyl (C=O) groups excluding carboxylic acids is 1. The van der Waals surface area contributed by atoms with E-state index in [1.807, 2.05) is 63.5 Å². The fourth-order valence-electron chi connectivity index (χ4n) is 3.51. The molecule has 0 bridgehead atoms. The summed E-state index contributed by atoms with van der Waals surface area (Å²) in [4.78, 5) is 14.8. The van der Waals surface area contributed by atoms with Gasteiger partial charge in [-0.15, -0.1) is 10.2 Å². The number of nitrogens with one attached hydrogen (secondary N) is 1. The molecule has 7 nitrogen and oxygen atoms in total. The molecule has 0 saturated carbocycles. The van der Waals surface area contributed by atoms with Crippen molar-refractivity contribution < 1.29 is 9.53 Å². The van der Waals surface area contributed by atoms with Crippen LogP contribution >= 0.6 is 11.8 Å². The highest BCUT2D eigenvalue weighted by molar-refractivity contribution is 7.99. The molecule has 1 aromatic heterocycles. The van der Waals surface area contributed by atoms with Crippen molar-refractivity contribution in [2.24, 2.45) is 0 Å². The summed E-state index contributed by atoms with van der Waals surface area (Å²) in [6.07, 6.45) is 0.916. The van der Waals surface area contributed by atoms with E-state index in [1.54, 1.807) is 0 Å². The number of ether oxygens (including phenoxy) is 1. The zero-order valence-electron chi connectivity index (χ0n) is 19.1. The highest BCUT2D eigenvalue weighted by Crippen LogP contribution is 2.27. The van der Waals surface area contributed by atoms with Crippen LogP contribution in [0.25, 0.3) is 0 Å². The number of carbonyl (C=O) groups is 1. The Balaban J connectivity index is 1.77. The minimum atomic E-state index is -0.113. The van der Waals surface area contributed by atoms with E-state index < -0.39 is 0 Å². The van der Waals surface area contributed by atoms with Crippen molar-refractivity contribution in [2.75, 3.05) is 31.8 Å². The average Bonchev–Trinajstić information content (AvgIpc) is 3.17. The van der Waals surface area contributed by atoms with Crippen LogP contribution in [-0.2, 0) is 11.3 Å². The lowest BCUT2D eigenvalue weighted by molar-refractivity contribution is -0.113. The van der Waals surface area contributed by atoms with Gasteiger partial charge in [-0.1, -0.05) is 61.2 Å². The van der Waals surface area contributed by atoms with E-state index in [4.69, 9.17) is 4.74 Å². The number of rotatable bonds is 11. The summed E-state index contributed by atoms with van der Waals surface area (Å²) in [5, 5.41) is 12.6. The fraction of sp³-hybridized carbons (Fsp3) is 0.375. The van der Waals surface area contributed by atoms with Gasteiger partial charge in [-0.2, -0.15) is 0 Å². The second kappa shape index (κ2) is 11.7. The van der Waals surface area contributed by atoms with E-state index in [0.29, 0.717) is 24.6 Å². The number of amides is 1. The summed E-state index contributed by atoms with van der Waals surface area (Å²) in [5.41, 5.74) is 1.84. The summed E-state index contributed by atoms with van der Waals surface area (Å²) >= 11 is 1.39. The smallest absolute Gasteiger partial charge is 0.234 e. The molecule has 1 amide bonds. The largest absolute Gasteiger partial charge is 0.492 e. The van der Waals surface area contributed by atoms with E-state index in [1.165, 1.54) is 17.3 Å². The third kappa shape index (κ3) is 6.11. The molecule has 0 aliphatic rings. The monoisotopic (exact) mass is 453 g/mol. The Morgan fingerprint density at radius 2 is 1.81 bits per heavy atom. The van der Waals surface area contributed by atoms with E-state index >= 15 is 0 Å². The summed E-state index contributed by atoms with van der Waals surface area (Å²) in [6, 6.07) is 17.8. The number of aromatic nitrogens is 3. The minimum absolute atomic E-state index is 0.113. The quantitative estimate of drug-likeness (QED) is 0.432. The zero-order valence-corrected chi connectivity index (χ0v) is 19.9.